The molecule has 0 bridgehead atoms. The van der Waals surface area contributed by atoms with E-state index in [-0.39, 0.29) is 12.1 Å². The number of nitrogens with one attached hydrogen (secondary N) is 1. The molecule has 3 heterocycles. The van der Waals surface area contributed by atoms with Crippen LogP contribution in [-0.4, -0.2) is 25.6 Å². The summed E-state index contributed by atoms with van der Waals surface area (Å²) in [7, 11) is 0. The molecule has 2 aromatic heterocycles. The van der Waals surface area contributed by atoms with Crippen molar-refractivity contribution in [3.05, 3.63) is 54.1 Å². The molecule has 0 amide bonds. The van der Waals surface area contributed by atoms with Crippen LogP contribution in [0.5, 0.6) is 0 Å². The third-order valence-electron chi connectivity index (χ3n) is 4.36. The van der Waals surface area contributed by atoms with Crippen LogP contribution in [0.1, 0.15) is 57.2 Å². The molecule has 0 spiro atoms. The van der Waals surface area contributed by atoms with E-state index in [1.54, 1.807) is 0 Å². The Morgan fingerprint density at radius 2 is 1.87 bits per heavy atom. The van der Waals surface area contributed by atoms with Gasteiger partial charge in [0.2, 0.25) is 0 Å². The summed E-state index contributed by atoms with van der Waals surface area (Å²) in [5.74, 6) is 0. The number of hydrogen-bond donors (Lipinski definition) is 1. The SMILES string of the molecule is CC(C)N1C(=S)N[C@@H](c2ccccn2)[C@@H]1c1cccn1C(C)C. The van der Waals surface area contributed by atoms with E-state index in [1.165, 1.54) is 5.69 Å². The zero-order chi connectivity index (χ0) is 16.6. The molecule has 1 N–H and O–H groups in total. The van der Waals surface area contributed by atoms with Gasteiger partial charge in [-0.3, -0.25) is 4.98 Å². The van der Waals surface area contributed by atoms with E-state index in [4.69, 9.17) is 12.2 Å². The van der Waals surface area contributed by atoms with Crippen molar-refractivity contribution in [1.82, 2.24) is 19.8 Å². The summed E-state index contributed by atoms with van der Waals surface area (Å²) in [6, 6.07) is 11.3. The van der Waals surface area contributed by atoms with E-state index in [0.29, 0.717) is 12.1 Å². The molecule has 122 valence electrons. The maximum atomic E-state index is 5.63. The number of aromatic nitrogens is 2. The predicted octanol–water partition coefficient (Wildman–Crippen LogP) is 3.84. The van der Waals surface area contributed by atoms with Crippen molar-refractivity contribution in [2.75, 3.05) is 0 Å². The summed E-state index contributed by atoms with van der Waals surface area (Å²) in [6.07, 6.45) is 3.99. The van der Waals surface area contributed by atoms with Crippen molar-refractivity contribution in [3.63, 3.8) is 0 Å². The molecule has 1 aliphatic rings. The first-order valence-corrected chi connectivity index (χ1v) is 8.58. The van der Waals surface area contributed by atoms with Crippen LogP contribution in [0, 0.1) is 0 Å². The molecule has 1 aliphatic heterocycles. The maximum absolute atomic E-state index is 5.63. The quantitative estimate of drug-likeness (QED) is 0.865. The minimum absolute atomic E-state index is 0.0681. The molecule has 5 heteroatoms. The van der Waals surface area contributed by atoms with Crippen LogP contribution in [0.4, 0.5) is 0 Å². The lowest BCUT2D eigenvalue weighted by Crippen LogP contribution is -2.36. The molecule has 2 aromatic rings. The second kappa shape index (κ2) is 6.32. The molecule has 1 fully saturated rings. The average molecular weight is 328 g/mol. The van der Waals surface area contributed by atoms with Gasteiger partial charge in [-0.1, -0.05) is 6.07 Å². The highest BCUT2D eigenvalue weighted by Crippen LogP contribution is 2.40. The summed E-state index contributed by atoms with van der Waals surface area (Å²) in [4.78, 5) is 6.86. The summed E-state index contributed by atoms with van der Waals surface area (Å²) in [5, 5.41) is 4.29. The molecule has 0 aromatic carbocycles. The topological polar surface area (TPSA) is 33.1 Å². The van der Waals surface area contributed by atoms with E-state index in [1.807, 2.05) is 18.3 Å². The van der Waals surface area contributed by atoms with Crippen LogP contribution in [0.3, 0.4) is 0 Å². The fourth-order valence-corrected chi connectivity index (χ4v) is 3.82. The molecule has 23 heavy (non-hydrogen) atoms. The highest BCUT2D eigenvalue weighted by molar-refractivity contribution is 7.80. The minimum atomic E-state index is 0.0681. The largest absolute Gasteiger partial charge is 0.352 e. The maximum Gasteiger partial charge on any atom is 0.170 e. The lowest BCUT2D eigenvalue weighted by Gasteiger charge is -2.32. The summed E-state index contributed by atoms with van der Waals surface area (Å²) in [5.41, 5.74) is 2.30. The van der Waals surface area contributed by atoms with Crippen molar-refractivity contribution >= 4 is 17.3 Å². The standard InChI is InChI=1S/C18H24N4S/c1-12(2)21-11-7-9-15(21)17-16(14-8-5-6-10-19-14)20-18(23)22(17)13(3)4/h5-13,16-17H,1-4H3,(H,20,23)/t16-,17-/m0/s1. The van der Waals surface area contributed by atoms with Crippen molar-refractivity contribution in [2.24, 2.45) is 0 Å². The van der Waals surface area contributed by atoms with Crippen LogP contribution < -0.4 is 5.32 Å². The van der Waals surface area contributed by atoms with Crippen molar-refractivity contribution < 1.29 is 0 Å². The Bertz CT molecular complexity index is 677. The van der Waals surface area contributed by atoms with E-state index >= 15 is 0 Å². The van der Waals surface area contributed by atoms with Gasteiger partial charge in [0.1, 0.15) is 0 Å². The van der Waals surface area contributed by atoms with Gasteiger partial charge in [0.15, 0.2) is 5.11 Å². The first kappa shape index (κ1) is 16.0. The highest BCUT2D eigenvalue weighted by Gasteiger charge is 2.42. The molecular weight excluding hydrogens is 304 g/mol. The molecular formula is C18H24N4S. The number of hydrogen-bond acceptors (Lipinski definition) is 2. The van der Waals surface area contributed by atoms with E-state index in [9.17, 15) is 0 Å². The second-order valence-corrected chi connectivity index (χ2v) is 6.95. The van der Waals surface area contributed by atoms with Crippen molar-refractivity contribution in [2.45, 2.75) is 51.9 Å². The number of nitrogens with zero attached hydrogens (tertiary/aromatic N) is 3. The van der Waals surface area contributed by atoms with Gasteiger partial charge in [-0.05, 0) is 64.2 Å². The third-order valence-corrected chi connectivity index (χ3v) is 4.69. The molecule has 1 saturated heterocycles. The summed E-state index contributed by atoms with van der Waals surface area (Å²) < 4.78 is 2.33. The Balaban J connectivity index is 2.09. The number of rotatable bonds is 4. The fourth-order valence-electron chi connectivity index (χ4n) is 3.37. The Morgan fingerprint density at radius 1 is 1.09 bits per heavy atom. The van der Waals surface area contributed by atoms with E-state index in [0.717, 1.165) is 10.8 Å². The lowest BCUT2D eigenvalue weighted by atomic mass is 10.00. The summed E-state index contributed by atoms with van der Waals surface area (Å²) >= 11 is 5.63. The molecule has 2 atom stereocenters. The number of pyridine rings is 1. The molecule has 0 aliphatic carbocycles. The normalized spacial score (nSPS) is 21.3. The van der Waals surface area contributed by atoms with Gasteiger partial charge in [-0.25, -0.2) is 0 Å². The summed E-state index contributed by atoms with van der Waals surface area (Å²) in [6.45, 7) is 8.79. The van der Waals surface area contributed by atoms with Gasteiger partial charge in [0.25, 0.3) is 0 Å². The van der Waals surface area contributed by atoms with Crippen LogP contribution >= 0.6 is 12.2 Å². The molecule has 3 rings (SSSR count). The van der Waals surface area contributed by atoms with Crippen LogP contribution in [0.15, 0.2) is 42.7 Å². The monoisotopic (exact) mass is 328 g/mol. The van der Waals surface area contributed by atoms with Gasteiger partial charge in [0.05, 0.1) is 17.8 Å². The van der Waals surface area contributed by atoms with Gasteiger partial charge < -0.3 is 14.8 Å². The molecule has 0 saturated carbocycles. The first-order valence-electron chi connectivity index (χ1n) is 8.17. The highest BCUT2D eigenvalue weighted by atomic mass is 32.1. The van der Waals surface area contributed by atoms with Crippen molar-refractivity contribution in [3.8, 4) is 0 Å². The lowest BCUT2D eigenvalue weighted by molar-refractivity contribution is 0.256. The van der Waals surface area contributed by atoms with Gasteiger partial charge in [-0.15, -0.1) is 0 Å². The zero-order valence-corrected chi connectivity index (χ0v) is 14.9. The Kier molecular flexibility index (Phi) is 4.39. The zero-order valence-electron chi connectivity index (χ0n) is 14.1. The predicted molar refractivity (Wildman–Crippen MR) is 97.2 cm³/mol. The Morgan fingerprint density at radius 3 is 2.48 bits per heavy atom. The molecule has 4 nitrogen and oxygen atoms in total. The average Bonchev–Trinajstić information content (AvgIpc) is 3.11. The van der Waals surface area contributed by atoms with Crippen LogP contribution in [0.2, 0.25) is 0 Å². The Hall–Kier alpha value is -1.88. The van der Waals surface area contributed by atoms with E-state index in [2.05, 4.69) is 71.9 Å². The smallest absolute Gasteiger partial charge is 0.170 e. The molecule has 0 unspecified atom stereocenters. The second-order valence-electron chi connectivity index (χ2n) is 6.56. The van der Waals surface area contributed by atoms with E-state index < -0.39 is 0 Å². The minimum Gasteiger partial charge on any atom is -0.352 e. The fraction of sp³-hybridized carbons (Fsp3) is 0.444. The molecule has 0 radical (unpaired) electrons. The van der Waals surface area contributed by atoms with Gasteiger partial charge in [-0.2, -0.15) is 0 Å². The van der Waals surface area contributed by atoms with Crippen LogP contribution in [-0.2, 0) is 0 Å². The van der Waals surface area contributed by atoms with Gasteiger partial charge >= 0.3 is 0 Å². The van der Waals surface area contributed by atoms with Crippen LogP contribution in [0.25, 0.3) is 0 Å². The van der Waals surface area contributed by atoms with Gasteiger partial charge in [0, 0.05) is 30.2 Å². The third kappa shape index (κ3) is 2.85. The first-order chi connectivity index (χ1) is 11.0. The Labute approximate surface area is 143 Å². The van der Waals surface area contributed by atoms with Crippen molar-refractivity contribution in [1.29, 1.82) is 0 Å². The number of thiocarbonyl (C=S) groups is 1.